The Bertz CT molecular complexity index is 477. The minimum Gasteiger partial charge on any atom is -0.497 e. The number of hydrogen-bond donors (Lipinski definition) is 2. The van der Waals surface area contributed by atoms with E-state index < -0.39 is 0 Å². The molecular formula is C14H21N3O2S. The second-order valence-electron chi connectivity index (χ2n) is 4.37. The first-order valence-electron chi connectivity index (χ1n) is 6.31. The van der Waals surface area contributed by atoms with Gasteiger partial charge in [0.25, 0.3) is 0 Å². The van der Waals surface area contributed by atoms with Gasteiger partial charge in [0.2, 0.25) is 0 Å². The standard InChI is InChI=1S/C14H21N3O2S/c1-10(9-18-3)15-14(20)17-16-11(2)12-6-5-7-13(8-12)19-4/h5-8,10H,9H2,1-4H3,(H2,15,17,20)/b16-11-/t10-/m0/s1. The zero-order valence-corrected chi connectivity index (χ0v) is 13.1. The van der Waals surface area contributed by atoms with E-state index in [1.54, 1.807) is 14.2 Å². The molecule has 5 nitrogen and oxygen atoms in total. The highest BCUT2D eigenvalue weighted by molar-refractivity contribution is 7.80. The van der Waals surface area contributed by atoms with Gasteiger partial charge in [-0.15, -0.1) is 0 Å². The number of ether oxygens (including phenoxy) is 2. The van der Waals surface area contributed by atoms with Gasteiger partial charge >= 0.3 is 0 Å². The molecule has 0 saturated carbocycles. The first-order chi connectivity index (χ1) is 9.56. The molecule has 1 rings (SSSR count). The summed E-state index contributed by atoms with van der Waals surface area (Å²) >= 11 is 5.15. The zero-order chi connectivity index (χ0) is 15.0. The Labute approximate surface area is 125 Å². The molecule has 0 radical (unpaired) electrons. The summed E-state index contributed by atoms with van der Waals surface area (Å²) in [7, 11) is 3.29. The van der Waals surface area contributed by atoms with Crippen LogP contribution in [-0.4, -0.2) is 37.7 Å². The molecular weight excluding hydrogens is 274 g/mol. The van der Waals surface area contributed by atoms with E-state index in [9.17, 15) is 0 Å². The number of hydrazone groups is 1. The summed E-state index contributed by atoms with van der Waals surface area (Å²) in [5.74, 6) is 0.798. The van der Waals surface area contributed by atoms with E-state index in [4.69, 9.17) is 21.7 Å². The van der Waals surface area contributed by atoms with Crippen LogP contribution in [0.4, 0.5) is 0 Å². The zero-order valence-electron chi connectivity index (χ0n) is 12.3. The van der Waals surface area contributed by atoms with Crippen molar-refractivity contribution in [2.75, 3.05) is 20.8 Å². The van der Waals surface area contributed by atoms with E-state index in [0.717, 1.165) is 17.0 Å². The third-order valence-electron chi connectivity index (χ3n) is 2.61. The molecule has 2 N–H and O–H groups in total. The van der Waals surface area contributed by atoms with Crippen LogP contribution in [0.5, 0.6) is 5.75 Å². The predicted molar refractivity (Wildman–Crippen MR) is 85.4 cm³/mol. The minimum atomic E-state index is 0.132. The second kappa shape index (κ2) is 8.50. The Morgan fingerprint density at radius 2 is 2.15 bits per heavy atom. The van der Waals surface area contributed by atoms with Crippen LogP contribution in [0.1, 0.15) is 19.4 Å². The van der Waals surface area contributed by atoms with E-state index in [2.05, 4.69) is 15.8 Å². The Morgan fingerprint density at radius 3 is 2.80 bits per heavy atom. The summed E-state index contributed by atoms with van der Waals surface area (Å²) in [5, 5.41) is 7.79. The molecule has 1 aromatic carbocycles. The highest BCUT2D eigenvalue weighted by atomic mass is 32.1. The molecule has 0 bridgehead atoms. The monoisotopic (exact) mass is 295 g/mol. The highest BCUT2D eigenvalue weighted by Crippen LogP contribution is 2.12. The number of hydrogen-bond acceptors (Lipinski definition) is 4. The third-order valence-corrected chi connectivity index (χ3v) is 2.82. The van der Waals surface area contributed by atoms with Crippen LogP contribution in [0.15, 0.2) is 29.4 Å². The van der Waals surface area contributed by atoms with Gasteiger partial charge in [-0.25, -0.2) is 0 Å². The van der Waals surface area contributed by atoms with Gasteiger partial charge in [-0.05, 0) is 38.2 Å². The molecule has 20 heavy (non-hydrogen) atoms. The normalized spacial score (nSPS) is 12.7. The topological polar surface area (TPSA) is 54.9 Å². The number of methoxy groups -OCH3 is 2. The summed E-state index contributed by atoms with van der Waals surface area (Å²) in [4.78, 5) is 0. The fraction of sp³-hybridized carbons (Fsp3) is 0.429. The number of thiocarbonyl (C=S) groups is 1. The van der Waals surface area contributed by atoms with Crippen molar-refractivity contribution < 1.29 is 9.47 Å². The number of benzene rings is 1. The molecule has 0 saturated heterocycles. The van der Waals surface area contributed by atoms with Gasteiger partial charge in [0, 0.05) is 18.7 Å². The van der Waals surface area contributed by atoms with Crippen LogP contribution in [0, 0.1) is 0 Å². The molecule has 0 spiro atoms. The Kier molecular flexibility index (Phi) is 6.97. The van der Waals surface area contributed by atoms with Gasteiger partial charge in [-0.2, -0.15) is 5.10 Å². The van der Waals surface area contributed by atoms with Crippen LogP contribution in [-0.2, 0) is 4.74 Å². The molecule has 1 atom stereocenters. The van der Waals surface area contributed by atoms with Crippen LogP contribution in [0.3, 0.4) is 0 Å². The maximum atomic E-state index is 5.18. The average molecular weight is 295 g/mol. The summed E-state index contributed by atoms with van der Waals surface area (Å²) in [6.45, 7) is 4.47. The van der Waals surface area contributed by atoms with Gasteiger partial charge in [-0.1, -0.05) is 12.1 Å². The van der Waals surface area contributed by atoms with Gasteiger partial charge in [0.05, 0.1) is 19.4 Å². The molecule has 0 aliphatic rings. The van der Waals surface area contributed by atoms with Crippen molar-refractivity contribution in [3.05, 3.63) is 29.8 Å². The lowest BCUT2D eigenvalue weighted by Gasteiger charge is -2.14. The largest absolute Gasteiger partial charge is 0.497 e. The maximum Gasteiger partial charge on any atom is 0.187 e. The van der Waals surface area contributed by atoms with E-state index in [1.165, 1.54) is 0 Å². The number of nitrogens with one attached hydrogen (secondary N) is 2. The van der Waals surface area contributed by atoms with Crippen molar-refractivity contribution in [2.45, 2.75) is 19.9 Å². The van der Waals surface area contributed by atoms with E-state index in [-0.39, 0.29) is 6.04 Å². The lowest BCUT2D eigenvalue weighted by Crippen LogP contribution is -2.40. The van der Waals surface area contributed by atoms with E-state index in [1.807, 2.05) is 38.1 Å². The van der Waals surface area contributed by atoms with Crippen molar-refractivity contribution in [1.29, 1.82) is 0 Å². The molecule has 6 heteroatoms. The Hall–Kier alpha value is -1.66. The maximum absolute atomic E-state index is 5.18. The SMILES string of the molecule is COC[C@H](C)NC(=S)N/N=C(/C)c1cccc(OC)c1. The summed E-state index contributed by atoms with van der Waals surface area (Å²) in [6, 6.07) is 7.83. The van der Waals surface area contributed by atoms with Crippen molar-refractivity contribution in [3.63, 3.8) is 0 Å². The lowest BCUT2D eigenvalue weighted by atomic mass is 10.1. The molecule has 0 amide bonds. The lowest BCUT2D eigenvalue weighted by molar-refractivity contribution is 0.179. The van der Waals surface area contributed by atoms with E-state index >= 15 is 0 Å². The molecule has 0 aliphatic carbocycles. The van der Waals surface area contributed by atoms with Crippen LogP contribution in [0.2, 0.25) is 0 Å². The van der Waals surface area contributed by atoms with E-state index in [0.29, 0.717) is 11.7 Å². The van der Waals surface area contributed by atoms with Crippen LogP contribution < -0.4 is 15.5 Å². The fourth-order valence-corrected chi connectivity index (χ4v) is 1.84. The van der Waals surface area contributed by atoms with Crippen molar-refractivity contribution >= 4 is 23.0 Å². The molecule has 0 unspecified atom stereocenters. The summed E-state index contributed by atoms with van der Waals surface area (Å²) in [6.07, 6.45) is 0. The highest BCUT2D eigenvalue weighted by Gasteiger charge is 2.03. The Morgan fingerprint density at radius 1 is 1.40 bits per heavy atom. The molecule has 1 aromatic rings. The minimum absolute atomic E-state index is 0.132. The molecule has 0 aromatic heterocycles. The van der Waals surface area contributed by atoms with Crippen LogP contribution >= 0.6 is 12.2 Å². The molecule has 0 fully saturated rings. The van der Waals surface area contributed by atoms with Gasteiger partial charge in [0.15, 0.2) is 5.11 Å². The molecule has 0 aliphatic heterocycles. The Balaban J connectivity index is 2.58. The van der Waals surface area contributed by atoms with Gasteiger partial charge in [0.1, 0.15) is 5.75 Å². The first-order valence-corrected chi connectivity index (χ1v) is 6.71. The number of rotatable bonds is 6. The predicted octanol–water partition coefficient (Wildman–Crippen LogP) is 1.92. The van der Waals surface area contributed by atoms with Crippen molar-refractivity contribution in [3.8, 4) is 5.75 Å². The van der Waals surface area contributed by atoms with Crippen molar-refractivity contribution in [2.24, 2.45) is 5.10 Å². The third kappa shape index (κ3) is 5.54. The first kappa shape index (κ1) is 16.4. The quantitative estimate of drug-likeness (QED) is 0.477. The summed E-state index contributed by atoms with van der Waals surface area (Å²) < 4.78 is 10.2. The van der Waals surface area contributed by atoms with Gasteiger partial charge in [-0.3, -0.25) is 5.43 Å². The fourth-order valence-electron chi connectivity index (χ4n) is 1.60. The average Bonchev–Trinajstić information content (AvgIpc) is 2.45. The van der Waals surface area contributed by atoms with Crippen LogP contribution in [0.25, 0.3) is 0 Å². The summed E-state index contributed by atoms with van der Waals surface area (Å²) in [5.41, 5.74) is 4.62. The van der Waals surface area contributed by atoms with Gasteiger partial charge < -0.3 is 14.8 Å². The molecule has 0 heterocycles. The smallest absolute Gasteiger partial charge is 0.187 e. The second-order valence-corrected chi connectivity index (χ2v) is 4.78. The number of nitrogens with zero attached hydrogens (tertiary/aromatic N) is 1. The molecule has 110 valence electrons. The van der Waals surface area contributed by atoms with Crippen molar-refractivity contribution in [1.82, 2.24) is 10.7 Å².